The Morgan fingerprint density at radius 1 is 0.794 bits per heavy atom. The number of aromatic nitrogens is 4. The van der Waals surface area contributed by atoms with Crippen LogP contribution in [0.3, 0.4) is 0 Å². The van der Waals surface area contributed by atoms with Crippen molar-refractivity contribution in [3.63, 3.8) is 0 Å². The van der Waals surface area contributed by atoms with Crippen molar-refractivity contribution in [2.24, 2.45) is 23.3 Å². The summed E-state index contributed by atoms with van der Waals surface area (Å²) in [6.45, 7) is 1.20. The number of ether oxygens (including phenoxy) is 1. The number of aromatic amines is 1. The number of nitrogens with two attached hydrogens (primary N) is 2. The maximum Gasteiger partial charge on any atom is 0.307 e. The average Bonchev–Trinajstić information content (AvgIpc) is 3.68. The van der Waals surface area contributed by atoms with Crippen molar-refractivity contribution in [1.29, 1.82) is 0 Å². The van der Waals surface area contributed by atoms with Crippen molar-refractivity contribution in [1.82, 2.24) is 20.0 Å². The number of para-hydroxylation sites is 2. The quantitative estimate of drug-likeness (QED) is 0.0550. The van der Waals surface area contributed by atoms with E-state index in [1.54, 1.807) is 42.5 Å². The van der Waals surface area contributed by atoms with Gasteiger partial charge in [-0.3, -0.25) is 24.2 Å². The third-order valence-corrected chi connectivity index (χ3v) is 11.9. The lowest BCUT2D eigenvalue weighted by Crippen LogP contribution is -2.16. The summed E-state index contributed by atoms with van der Waals surface area (Å²) in [6, 6.07) is 37.8. The van der Waals surface area contributed by atoms with Crippen molar-refractivity contribution in [2.75, 3.05) is 5.32 Å². The van der Waals surface area contributed by atoms with Gasteiger partial charge in [0.2, 0.25) is 0 Å². The Bertz CT molecular complexity index is 3030. The van der Waals surface area contributed by atoms with E-state index in [2.05, 4.69) is 39.8 Å². The molecule has 63 heavy (non-hydrogen) atoms. The van der Waals surface area contributed by atoms with Crippen LogP contribution in [-0.4, -0.2) is 48.0 Å². The predicted molar refractivity (Wildman–Crippen MR) is 241 cm³/mol. The number of amides is 1. The second-order valence-corrected chi connectivity index (χ2v) is 16.1. The highest BCUT2D eigenvalue weighted by Crippen LogP contribution is 2.48. The molecule has 8 N–H and O–H groups in total. The molecule has 3 unspecified atom stereocenters. The lowest BCUT2D eigenvalue weighted by molar-refractivity contribution is -0.137. The largest absolute Gasteiger partial charge is 0.489 e. The fourth-order valence-corrected chi connectivity index (χ4v) is 8.56. The normalized spacial score (nSPS) is 15.0. The molecule has 2 heterocycles. The van der Waals surface area contributed by atoms with Crippen LogP contribution >= 0.6 is 0 Å². The molecule has 316 valence electrons. The SMILES string of the molecule is NCc1cccc(-c2cc(C(=O)Nc3ccccc3CC(=O)O)cc3c2cnn3CC2CC2C(N)c2cccc(-c3cc(COc4ccccc4CC(=O)O)cc4[nH]ncc34)c2)c1. The number of aliphatic carboxylic acids is 2. The third kappa shape index (κ3) is 8.78. The van der Waals surface area contributed by atoms with Crippen LogP contribution in [0.25, 0.3) is 44.1 Å². The Kier molecular flexibility index (Phi) is 11.3. The van der Waals surface area contributed by atoms with E-state index in [-0.39, 0.29) is 43.2 Å². The molecular formula is C50H45N7O6. The van der Waals surface area contributed by atoms with E-state index in [9.17, 15) is 24.6 Å². The summed E-state index contributed by atoms with van der Waals surface area (Å²) in [5.74, 6) is -1.32. The first-order chi connectivity index (χ1) is 30.6. The maximum absolute atomic E-state index is 14.0. The van der Waals surface area contributed by atoms with Crippen molar-refractivity contribution in [3.8, 4) is 28.0 Å². The molecule has 1 saturated carbocycles. The van der Waals surface area contributed by atoms with Gasteiger partial charge in [-0.1, -0.05) is 72.8 Å². The number of carbonyl (C=O) groups excluding carboxylic acids is 1. The molecule has 6 aromatic carbocycles. The number of hydrogen-bond acceptors (Lipinski definition) is 8. The average molecular weight is 840 g/mol. The van der Waals surface area contributed by atoms with E-state index < -0.39 is 11.9 Å². The highest BCUT2D eigenvalue weighted by atomic mass is 16.5. The molecular weight excluding hydrogens is 795 g/mol. The van der Waals surface area contributed by atoms with Crippen LogP contribution in [0.2, 0.25) is 0 Å². The molecule has 0 spiro atoms. The summed E-state index contributed by atoms with van der Waals surface area (Å²) in [5.41, 5.74) is 23.3. The van der Waals surface area contributed by atoms with Gasteiger partial charge in [0.05, 0.1) is 36.3 Å². The van der Waals surface area contributed by atoms with E-state index in [1.165, 1.54) is 0 Å². The Balaban J connectivity index is 0.964. The number of fused-ring (bicyclic) bond motifs is 2. The molecule has 3 atom stereocenters. The van der Waals surface area contributed by atoms with E-state index >= 15 is 0 Å². The lowest BCUT2D eigenvalue weighted by atomic mass is 9.94. The number of carboxylic acids is 2. The van der Waals surface area contributed by atoms with Gasteiger partial charge in [-0.25, -0.2) is 0 Å². The van der Waals surface area contributed by atoms with Crippen molar-refractivity contribution < 1.29 is 29.3 Å². The summed E-state index contributed by atoms with van der Waals surface area (Å²) >= 11 is 0. The number of hydrogen-bond donors (Lipinski definition) is 6. The lowest BCUT2D eigenvalue weighted by Gasteiger charge is -2.15. The van der Waals surface area contributed by atoms with Crippen LogP contribution in [0.5, 0.6) is 5.75 Å². The van der Waals surface area contributed by atoms with Crippen LogP contribution < -0.4 is 21.5 Å². The minimum absolute atomic E-state index is 0.131. The summed E-state index contributed by atoms with van der Waals surface area (Å²) in [7, 11) is 0. The summed E-state index contributed by atoms with van der Waals surface area (Å²) < 4.78 is 8.11. The molecule has 2 aromatic heterocycles. The van der Waals surface area contributed by atoms with Gasteiger partial charge in [0, 0.05) is 46.7 Å². The fourth-order valence-electron chi connectivity index (χ4n) is 8.56. The van der Waals surface area contributed by atoms with E-state index in [1.807, 2.05) is 71.7 Å². The fraction of sp³-hybridized carbons (Fsp3) is 0.180. The van der Waals surface area contributed by atoms with Gasteiger partial charge < -0.3 is 31.7 Å². The summed E-state index contributed by atoms with van der Waals surface area (Å²) in [5, 5.41) is 35.9. The Morgan fingerprint density at radius 2 is 1.52 bits per heavy atom. The van der Waals surface area contributed by atoms with Gasteiger partial charge in [0.1, 0.15) is 12.4 Å². The van der Waals surface area contributed by atoms with Gasteiger partial charge in [-0.2, -0.15) is 10.2 Å². The first kappa shape index (κ1) is 40.8. The number of anilines is 1. The second kappa shape index (κ2) is 17.4. The standard InChI is InChI=1S/C50H45N7O6/c51-24-29-7-5-10-31(15-29)39-19-36(50(62)55-43-13-3-1-8-33(43)22-47(58)59)21-45-42(39)26-54-57(45)27-37-20-40(37)49(52)35-12-6-11-32(18-35)38-16-30(17-44-41(38)25-53-56-44)28-63-46-14-4-2-9-34(46)23-48(60)61/h1-19,21,25-26,37,40,49H,20,22-24,27-28,51-52H2,(H,53,56)(H,55,62)(H,58,59)(H,60,61). The highest BCUT2D eigenvalue weighted by molar-refractivity contribution is 6.09. The first-order valence-corrected chi connectivity index (χ1v) is 20.8. The molecule has 0 aliphatic heterocycles. The van der Waals surface area contributed by atoms with E-state index in [4.69, 9.17) is 21.3 Å². The number of rotatable bonds is 16. The Hall–Kier alpha value is -7.61. The number of carbonyl (C=O) groups is 3. The zero-order valence-electron chi connectivity index (χ0n) is 34.2. The van der Waals surface area contributed by atoms with Crippen LogP contribution in [-0.2, 0) is 42.1 Å². The Morgan fingerprint density at radius 3 is 2.33 bits per heavy atom. The van der Waals surface area contributed by atoms with Crippen LogP contribution in [0.1, 0.15) is 50.6 Å². The molecule has 13 nitrogen and oxygen atoms in total. The number of H-pyrrole nitrogens is 1. The minimum atomic E-state index is -0.988. The topological polar surface area (TPSA) is 211 Å². The molecule has 13 heteroatoms. The van der Waals surface area contributed by atoms with Gasteiger partial charge in [-0.05, 0) is 111 Å². The van der Waals surface area contributed by atoms with Crippen LogP contribution in [0.4, 0.5) is 5.69 Å². The monoisotopic (exact) mass is 839 g/mol. The van der Waals surface area contributed by atoms with Crippen molar-refractivity contribution >= 4 is 45.3 Å². The summed E-state index contributed by atoms with van der Waals surface area (Å²) in [6.07, 6.45) is 4.20. The van der Waals surface area contributed by atoms with Crippen molar-refractivity contribution in [3.05, 3.63) is 167 Å². The first-order valence-electron chi connectivity index (χ1n) is 20.8. The van der Waals surface area contributed by atoms with Gasteiger partial charge >= 0.3 is 11.9 Å². The number of nitrogens with one attached hydrogen (secondary N) is 2. The third-order valence-electron chi connectivity index (χ3n) is 11.9. The zero-order valence-corrected chi connectivity index (χ0v) is 34.2. The molecule has 0 saturated heterocycles. The molecule has 1 fully saturated rings. The molecule has 1 amide bonds. The van der Waals surface area contributed by atoms with Crippen molar-refractivity contribution in [2.45, 2.75) is 45.0 Å². The second-order valence-electron chi connectivity index (χ2n) is 16.1. The van der Waals surface area contributed by atoms with E-state index in [0.29, 0.717) is 41.2 Å². The number of benzene rings is 6. The van der Waals surface area contributed by atoms with Crippen LogP contribution in [0, 0.1) is 11.8 Å². The molecule has 0 bridgehead atoms. The smallest absolute Gasteiger partial charge is 0.307 e. The highest BCUT2D eigenvalue weighted by Gasteiger charge is 2.42. The van der Waals surface area contributed by atoms with Gasteiger partial charge in [-0.15, -0.1) is 0 Å². The summed E-state index contributed by atoms with van der Waals surface area (Å²) in [4.78, 5) is 37.0. The predicted octanol–water partition coefficient (Wildman–Crippen LogP) is 8.13. The van der Waals surface area contributed by atoms with Crippen LogP contribution in [0.15, 0.2) is 134 Å². The zero-order chi connectivity index (χ0) is 43.6. The molecule has 8 aromatic rings. The van der Waals surface area contributed by atoms with Gasteiger partial charge in [0.15, 0.2) is 0 Å². The molecule has 1 aliphatic rings. The van der Waals surface area contributed by atoms with Gasteiger partial charge in [0.25, 0.3) is 5.91 Å². The minimum Gasteiger partial charge on any atom is -0.489 e. The molecule has 0 radical (unpaired) electrons. The maximum atomic E-state index is 14.0. The molecule has 1 aliphatic carbocycles. The molecule has 9 rings (SSSR count). The Labute approximate surface area is 362 Å². The number of carboxylic acid groups (broad SMARTS) is 2. The van der Waals surface area contributed by atoms with E-state index in [0.717, 1.165) is 67.2 Å². The number of nitrogens with zero attached hydrogens (tertiary/aromatic N) is 3.